The van der Waals surface area contributed by atoms with E-state index >= 15 is 0 Å². The quantitative estimate of drug-likeness (QED) is 0.371. The average molecular weight is 477 g/mol. The summed E-state index contributed by atoms with van der Waals surface area (Å²) >= 11 is 0. The predicted octanol–water partition coefficient (Wildman–Crippen LogP) is 4.25. The maximum Gasteiger partial charge on any atom is 0.305 e. The molecule has 0 radical (unpaired) electrons. The summed E-state index contributed by atoms with van der Waals surface area (Å²) < 4.78 is 30.4. The van der Waals surface area contributed by atoms with Crippen molar-refractivity contribution in [1.82, 2.24) is 0 Å². The number of ether oxygens (including phenoxy) is 3. The lowest BCUT2D eigenvalue weighted by Crippen LogP contribution is -2.19. The van der Waals surface area contributed by atoms with Gasteiger partial charge in [0, 0.05) is 19.1 Å². The Bertz CT molecular complexity index is 970. The van der Waals surface area contributed by atoms with E-state index in [0.29, 0.717) is 35.8 Å². The molecule has 0 aliphatic heterocycles. The number of aliphatic hydroxyl groups is 2. The van der Waals surface area contributed by atoms with E-state index in [-0.39, 0.29) is 18.2 Å². The second-order valence-electron chi connectivity index (χ2n) is 8.20. The lowest BCUT2D eigenvalue weighted by Gasteiger charge is -2.22. The topological polar surface area (TPSA) is 105 Å². The molecule has 0 aliphatic rings. The third kappa shape index (κ3) is 7.55. The van der Waals surface area contributed by atoms with Gasteiger partial charge in [0.25, 0.3) is 0 Å². The van der Waals surface area contributed by atoms with Crippen molar-refractivity contribution in [3.63, 3.8) is 0 Å². The van der Waals surface area contributed by atoms with Crippen LogP contribution >= 0.6 is 0 Å². The van der Waals surface area contributed by atoms with Gasteiger partial charge in [0.15, 0.2) is 11.5 Å². The Morgan fingerprint density at radius 3 is 2.35 bits per heavy atom. The zero-order valence-corrected chi connectivity index (χ0v) is 20.0. The highest BCUT2D eigenvalue weighted by Crippen LogP contribution is 2.45. The summed E-state index contributed by atoms with van der Waals surface area (Å²) in [6.45, 7) is 4.72. The maximum atomic E-state index is 13.7. The van der Waals surface area contributed by atoms with E-state index in [1.807, 2.05) is 19.9 Å². The summed E-state index contributed by atoms with van der Waals surface area (Å²) in [6, 6.07) is 7.86. The molecule has 8 heteroatoms. The fourth-order valence-electron chi connectivity index (χ4n) is 3.63. The Morgan fingerprint density at radius 1 is 1.12 bits per heavy atom. The molecule has 0 heterocycles. The van der Waals surface area contributed by atoms with Crippen molar-refractivity contribution in [3.8, 4) is 22.6 Å². The first-order valence-corrected chi connectivity index (χ1v) is 11.1. The Hall–Kier alpha value is -2.94. The number of hydrogen-bond donors (Lipinski definition) is 3. The van der Waals surface area contributed by atoms with E-state index in [9.17, 15) is 19.4 Å². The molecule has 0 aliphatic carbocycles. The number of aliphatic hydroxyl groups excluding tert-OH is 2. The number of aliphatic carboxylic acids is 1. The number of methoxy groups -OCH3 is 2. The van der Waals surface area contributed by atoms with Crippen molar-refractivity contribution in [2.45, 2.75) is 44.8 Å². The summed E-state index contributed by atoms with van der Waals surface area (Å²) in [5.74, 6) is -0.494. The average Bonchev–Trinajstić information content (AvgIpc) is 2.77. The minimum absolute atomic E-state index is 0.0595. The largest absolute Gasteiger partial charge is 0.492 e. The highest BCUT2D eigenvalue weighted by Gasteiger charge is 2.22. The van der Waals surface area contributed by atoms with Crippen LogP contribution in [0.3, 0.4) is 0 Å². The fraction of sp³-hybridized carbons (Fsp3) is 0.423. The molecule has 2 aromatic rings. The zero-order valence-electron chi connectivity index (χ0n) is 20.0. The van der Waals surface area contributed by atoms with E-state index in [1.54, 1.807) is 25.3 Å². The summed E-state index contributed by atoms with van der Waals surface area (Å²) in [5.41, 5.74) is 3.00. The lowest BCUT2D eigenvalue weighted by molar-refractivity contribution is -0.139. The first-order valence-electron chi connectivity index (χ1n) is 11.1. The van der Waals surface area contributed by atoms with Crippen LogP contribution in [-0.4, -0.2) is 60.9 Å². The van der Waals surface area contributed by atoms with Gasteiger partial charge in [-0.25, -0.2) is 4.39 Å². The number of hydrogen-bond acceptors (Lipinski definition) is 6. The van der Waals surface area contributed by atoms with Crippen molar-refractivity contribution >= 4 is 12.0 Å². The van der Waals surface area contributed by atoms with Gasteiger partial charge in [-0.1, -0.05) is 38.1 Å². The fourth-order valence-corrected chi connectivity index (χ4v) is 3.63. The van der Waals surface area contributed by atoms with Gasteiger partial charge < -0.3 is 29.5 Å². The number of halogens is 1. The lowest BCUT2D eigenvalue weighted by atomic mass is 9.88. The molecule has 2 unspecified atom stereocenters. The van der Waals surface area contributed by atoms with Crippen LogP contribution < -0.4 is 9.47 Å². The molecule has 2 rings (SSSR count). The Kier molecular flexibility index (Phi) is 10.5. The normalized spacial score (nSPS) is 13.3. The molecule has 0 aromatic heterocycles. The van der Waals surface area contributed by atoms with E-state index in [0.717, 1.165) is 11.1 Å². The molecule has 7 nitrogen and oxygen atoms in total. The summed E-state index contributed by atoms with van der Waals surface area (Å²) in [7, 11) is 3.10. The van der Waals surface area contributed by atoms with Gasteiger partial charge in [0.2, 0.25) is 0 Å². The van der Waals surface area contributed by atoms with E-state index < -0.39 is 24.6 Å². The van der Waals surface area contributed by atoms with Crippen LogP contribution in [0.2, 0.25) is 0 Å². The van der Waals surface area contributed by atoms with Gasteiger partial charge in [-0.05, 0) is 40.8 Å². The van der Waals surface area contributed by atoms with Crippen LogP contribution in [0.5, 0.6) is 11.5 Å². The highest BCUT2D eigenvalue weighted by atomic mass is 19.1. The second-order valence-corrected chi connectivity index (χ2v) is 8.20. The molecular weight excluding hydrogens is 443 g/mol. The molecular formula is C26H33FO7. The molecule has 0 saturated carbocycles. The molecule has 0 saturated heterocycles. The van der Waals surface area contributed by atoms with Gasteiger partial charge in [0.1, 0.15) is 12.4 Å². The molecule has 0 bridgehead atoms. The standard InChI is InChI=1S/C26H33FO7/c1-16(2)22-15-23(34-12-11-32-3)26(33-4)25(17-5-7-18(27)8-6-17)21(22)10-9-19(28)13-20(29)14-24(30)31/h5-10,15-16,19-20,28-29H,11-14H2,1-4H3,(H,30,31). The predicted molar refractivity (Wildman–Crippen MR) is 128 cm³/mol. The molecule has 2 atom stereocenters. The smallest absolute Gasteiger partial charge is 0.305 e. The van der Waals surface area contributed by atoms with Gasteiger partial charge in [0.05, 0.1) is 32.3 Å². The first-order chi connectivity index (χ1) is 16.2. The van der Waals surface area contributed by atoms with Gasteiger partial charge in [-0.2, -0.15) is 0 Å². The SMILES string of the molecule is COCCOc1cc(C(C)C)c(C=CC(O)CC(O)CC(=O)O)c(-c2ccc(F)cc2)c1OC. The van der Waals surface area contributed by atoms with Crippen LogP contribution in [0.25, 0.3) is 17.2 Å². The minimum atomic E-state index is -1.18. The number of carboxylic acids is 1. The number of carboxylic acid groups (broad SMARTS) is 1. The van der Waals surface area contributed by atoms with Gasteiger partial charge in [-0.15, -0.1) is 0 Å². The third-order valence-electron chi connectivity index (χ3n) is 5.23. The summed E-state index contributed by atoms with van der Waals surface area (Å²) in [6.07, 6.45) is 0.395. The van der Waals surface area contributed by atoms with Crippen molar-refractivity contribution in [1.29, 1.82) is 0 Å². The van der Waals surface area contributed by atoms with E-state index in [2.05, 4.69) is 0 Å². The molecule has 186 valence electrons. The molecule has 0 spiro atoms. The van der Waals surface area contributed by atoms with Crippen LogP contribution in [-0.2, 0) is 9.53 Å². The summed E-state index contributed by atoms with van der Waals surface area (Å²) in [4.78, 5) is 10.8. The first kappa shape index (κ1) is 27.3. The van der Waals surface area contributed by atoms with Crippen LogP contribution in [0.1, 0.15) is 43.7 Å². The van der Waals surface area contributed by atoms with Crippen LogP contribution in [0.15, 0.2) is 36.4 Å². The zero-order chi connectivity index (χ0) is 25.3. The van der Waals surface area contributed by atoms with Crippen LogP contribution in [0, 0.1) is 5.82 Å². The molecule has 0 fully saturated rings. The third-order valence-corrected chi connectivity index (χ3v) is 5.23. The van der Waals surface area contributed by atoms with Crippen molar-refractivity contribution in [3.05, 3.63) is 53.4 Å². The Morgan fingerprint density at radius 2 is 1.79 bits per heavy atom. The van der Waals surface area contributed by atoms with Crippen molar-refractivity contribution in [2.75, 3.05) is 27.4 Å². The monoisotopic (exact) mass is 476 g/mol. The number of carbonyl (C=O) groups is 1. The number of benzene rings is 2. The van der Waals surface area contributed by atoms with E-state index in [4.69, 9.17) is 19.3 Å². The number of rotatable bonds is 13. The van der Waals surface area contributed by atoms with Gasteiger partial charge in [-0.3, -0.25) is 4.79 Å². The summed E-state index contributed by atoms with van der Waals surface area (Å²) in [5, 5.41) is 29.1. The second kappa shape index (κ2) is 13.1. The Labute approximate surface area is 199 Å². The van der Waals surface area contributed by atoms with Gasteiger partial charge >= 0.3 is 5.97 Å². The highest BCUT2D eigenvalue weighted by molar-refractivity contribution is 5.85. The molecule has 34 heavy (non-hydrogen) atoms. The molecule has 2 aromatic carbocycles. The molecule has 0 amide bonds. The molecule has 3 N–H and O–H groups in total. The van der Waals surface area contributed by atoms with Crippen molar-refractivity contribution in [2.24, 2.45) is 0 Å². The minimum Gasteiger partial charge on any atom is -0.492 e. The maximum absolute atomic E-state index is 13.7. The van der Waals surface area contributed by atoms with Crippen LogP contribution in [0.4, 0.5) is 4.39 Å². The Balaban J connectivity index is 2.61. The van der Waals surface area contributed by atoms with Crippen molar-refractivity contribution < 1.29 is 38.7 Å². The van der Waals surface area contributed by atoms with E-state index in [1.165, 1.54) is 25.3 Å².